The third kappa shape index (κ3) is 0.721. The molecule has 2 saturated heterocycles. The molecule has 0 aromatic heterocycles. The SMILES string of the molecule is O=C1C[C@H]2NCC[C@H]2N1. The first kappa shape index (κ1) is 5.23. The third-order valence-electron chi connectivity index (χ3n) is 2.10. The number of amides is 1. The van der Waals surface area contributed by atoms with Gasteiger partial charge < -0.3 is 10.6 Å². The first-order valence-corrected chi connectivity index (χ1v) is 3.39. The Morgan fingerprint density at radius 1 is 1.44 bits per heavy atom. The van der Waals surface area contributed by atoms with Crippen LogP contribution in [0.2, 0.25) is 0 Å². The van der Waals surface area contributed by atoms with E-state index in [-0.39, 0.29) is 5.91 Å². The number of carbonyl (C=O) groups excluding carboxylic acids is 1. The largest absolute Gasteiger partial charge is 0.352 e. The minimum Gasteiger partial charge on any atom is -0.352 e. The standard InChI is InChI=1S/C6H10N2O/c9-6-3-5-4(8-6)1-2-7-5/h4-5,7H,1-3H2,(H,8,9)/t4-,5-/m1/s1. The quantitative estimate of drug-likeness (QED) is 0.448. The molecule has 3 nitrogen and oxygen atoms in total. The average molecular weight is 126 g/mol. The Balaban J connectivity index is 2.09. The highest BCUT2D eigenvalue weighted by atomic mass is 16.2. The maximum absolute atomic E-state index is 10.7. The highest BCUT2D eigenvalue weighted by Crippen LogP contribution is 2.15. The summed E-state index contributed by atoms with van der Waals surface area (Å²) in [4.78, 5) is 10.7. The molecule has 0 bridgehead atoms. The second kappa shape index (κ2) is 1.70. The summed E-state index contributed by atoms with van der Waals surface area (Å²) in [5, 5.41) is 6.18. The summed E-state index contributed by atoms with van der Waals surface area (Å²) in [6.45, 7) is 1.07. The van der Waals surface area contributed by atoms with Gasteiger partial charge in [0, 0.05) is 18.5 Å². The molecule has 50 valence electrons. The van der Waals surface area contributed by atoms with Crippen molar-refractivity contribution in [1.29, 1.82) is 0 Å². The van der Waals surface area contributed by atoms with Crippen LogP contribution in [-0.2, 0) is 4.79 Å². The Morgan fingerprint density at radius 2 is 2.33 bits per heavy atom. The van der Waals surface area contributed by atoms with Crippen LogP contribution in [0.1, 0.15) is 12.8 Å². The molecule has 2 aliphatic rings. The molecule has 0 aromatic rings. The summed E-state index contributed by atoms with van der Waals surface area (Å²) in [7, 11) is 0. The molecular weight excluding hydrogens is 116 g/mol. The van der Waals surface area contributed by atoms with Crippen molar-refractivity contribution >= 4 is 5.91 Å². The maximum atomic E-state index is 10.7. The van der Waals surface area contributed by atoms with Gasteiger partial charge in [0.05, 0.1) is 0 Å². The smallest absolute Gasteiger partial charge is 0.221 e. The Morgan fingerprint density at radius 3 is 3.11 bits per heavy atom. The summed E-state index contributed by atoms with van der Waals surface area (Å²) in [6, 6.07) is 0.884. The van der Waals surface area contributed by atoms with Crippen LogP contribution in [0.5, 0.6) is 0 Å². The lowest BCUT2D eigenvalue weighted by Gasteiger charge is -2.04. The first-order valence-electron chi connectivity index (χ1n) is 3.39. The number of hydrogen-bond donors (Lipinski definition) is 2. The van der Waals surface area contributed by atoms with Gasteiger partial charge in [-0.2, -0.15) is 0 Å². The number of nitrogens with one attached hydrogen (secondary N) is 2. The highest BCUT2D eigenvalue weighted by Gasteiger charge is 2.35. The zero-order valence-corrected chi connectivity index (χ0v) is 5.18. The van der Waals surface area contributed by atoms with Crippen LogP contribution in [0, 0.1) is 0 Å². The summed E-state index contributed by atoms with van der Waals surface area (Å²) >= 11 is 0. The fourth-order valence-corrected chi connectivity index (χ4v) is 1.62. The molecule has 2 atom stereocenters. The average Bonchev–Trinajstić information content (AvgIpc) is 2.22. The van der Waals surface area contributed by atoms with Gasteiger partial charge in [-0.05, 0) is 13.0 Å². The van der Waals surface area contributed by atoms with E-state index >= 15 is 0 Å². The van der Waals surface area contributed by atoms with Crippen molar-refractivity contribution < 1.29 is 4.79 Å². The predicted octanol–water partition coefficient (Wildman–Crippen LogP) is -0.763. The van der Waals surface area contributed by atoms with E-state index in [1.807, 2.05) is 0 Å². The van der Waals surface area contributed by atoms with Gasteiger partial charge in [-0.3, -0.25) is 4.79 Å². The molecule has 9 heavy (non-hydrogen) atoms. The zero-order chi connectivity index (χ0) is 6.27. The van der Waals surface area contributed by atoms with E-state index in [4.69, 9.17) is 0 Å². The fourth-order valence-electron chi connectivity index (χ4n) is 1.62. The van der Waals surface area contributed by atoms with Crippen LogP contribution in [0.15, 0.2) is 0 Å². The van der Waals surface area contributed by atoms with Gasteiger partial charge in [0.1, 0.15) is 0 Å². The predicted molar refractivity (Wildman–Crippen MR) is 33.0 cm³/mol. The lowest BCUT2D eigenvalue weighted by Crippen LogP contribution is -2.30. The molecule has 1 amide bonds. The van der Waals surface area contributed by atoms with Gasteiger partial charge in [0.2, 0.25) is 5.91 Å². The summed E-state index contributed by atoms with van der Waals surface area (Å²) in [5.74, 6) is 0.206. The highest BCUT2D eigenvalue weighted by molar-refractivity contribution is 5.79. The van der Waals surface area contributed by atoms with Gasteiger partial charge in [-0.25, -0.2) is 0 Å². The van der Waals surface area contributed by atoms with Crippen LogP contribution < -0.4 is 10.6 Å². The molecule has 2 rings (SSSR count). The number of hydrogen-bond acceptors (Lipinski definition) is 2. The molecule has 0 unspecified atom stereocenters. The third-order valence-corrected chi connectivity index (χ3v) is 2.10. The Labute approximate surface area is 53.8 Å². The van der Waals surface area contributed by atoms with E-state index in [9.17, 15) is 4.79 Å². The normalized spacial score (nSPS) is 40.7. The first-order chi connectivity index (χ1) is 4.36. The molecule has 0 radical (unpaired) electrons. The van der Waals surface area contributed by atoms with Crippen molar-refractivity contribution in [3.8, 4) is 0 Å². The van der Waals surface area contributed by atoms with Crippen LogP contribution in [0.3, 0.4) is 0 Å². The molecule has 0 aliphatic carbocycles. The van der Waals surface area contributed by atoms with E-state index < -0.39 is 0 Å². The molecule has 0 spiro atoms. The van der Waals surface area contributed by atoms with Crippen LogP contribution >= 0.6 is 0 Å². The van der Waals surface area contributed by atoms with E-state index in [2.05, 4.69) is 10.6 Å². The second-order valence-corrected chi connectivity index (χ2v) is 2.73. The lowest BCUT2D eigenvalue weighted by atomic mass is 10.1. The van der Waals surface area contributed by atoms with Gasteiger partial charge in [-0.15, -0.1) is 0 Å². The van der Waals surface area contributed by atoms with E-state index in [1.54, 1.807) is 0 Å². The molecular formula is C6H10N2O. The van der Waals surface area contributed by atoms with E-state index in [0.29, 0.717) is 18.5 Å². The van der Waals surface area contributed by atoms with Crippen molar-refractivity contribution in [1.82, 2.24) is 10.6 Å². The van der Waals surface area contributed by atoms with E-state index in [0.717, 1.165) is 13.0 Å². The second-order valence-electron chi connectivity index (χ2n) is 2.73. The summed E-state index contributed by atoms with van der Waals surface area (Å²) < 4.78 is 0. The van der Waals surface area contributed by atoms with Gasteiger partial charge in [-0.1, -0.05) is 0 Å². The number of carbonyl (C=O) groups is 1. The molecule has 2 N–H and O–H groups in total. The van der Waals surface area contributed by atoms with E-state index in [1.165, 1.54) is 0 Å². The van der Waals surface area contributed by atoms with Crippen LogP contribution in [0.25, 0.3) is 0 Å². The van der Waals surface area contributed by atoms with Gasteiger partial charge >= 0.3 is 0 Å². The Bertz CT molecular complexity index is 132. The van der Waals surface area contributed by atoms with Gasteiger partial charge in [0.25, 0.3) is 0 Å². The number of rotatable bonds is 0. The zero-order valence-electron chi connectivity index (χ0n) is 5.18. The van der Waals surface area contributed by atoms with Crippen LogP contribution in [-0.4, -0.2) is 24.5 Å². The van der Waals surface area contributed by atoms with Crippen molar-refractivity contribution in [3.63, 3.8) is 0 Å². The molecule has 0 saturated carbocycles. The summed E-state index contributed by atoms with van der Waals surface area (Å²) in [6.07, 6.45) is 1.79. The summed E-state index contributed by atoms with van der Waals surface area (Å²) in [5.41, 5.74) is 0. The Kier molecular flexibility index (Phi) is 0.990. The van der Waals surface area contributed by atoms with Crippen molar-refractivity contribution in [2.24, 2.45) is 0 Å². The minimum absolute atomic E-state index is 0.206. The van der Waals surface area contributed by atoms with Crippen LogP contribution in [0.4, 0.5) is 0 Å². The Hall–Kier alpha value is -0.570. The molecule has 2 fully saturated rings. The fraction of sp³-hybridized carbons (Fsp3) is 0.833. The molecule has 0 aromatic carbocycles. The topological polar surface area (TPSA) is 41.1 Å². The molecule has 2 aliphatic heterocycles. The molecule has 2 heterocycles. The van der Waals surface area contributed by atoms with Gasteiger partial charge in [0.15, 0.2) is 0 Å². The van der Waals surface area contributed by atoms with Crippen molar-refractivity contribution in [3.05, 3.63) is 0 Å². The lowest BCUT2D eigenvalue weighted by molar-refractivity contribution is -0.119. The monoisotopic (exact) mass is 126 g/mol. The van der Waals surface area contributed by atoms with Crippen molar-refractivity contribution in [2.45, 2.75) is 24.9 Å². The number of fused-ring (bicyclic) bond motifs is 1. The molecule has 3 heteroatoms. The minimum atomic E-state index is 0.206. The van der Waals surface area contributed by atoms with Crippen molar-refractivity contribution in [2.75, 3.05) is 6.54 Å². The maximum Gasteiger partial charge on any atom is 0.221 e.